The molecule has 0 aromatic heterocycles. The number of benzene rings is 2. The molecule has 0 aliphatic rings. The number of amides is 1. The Bertz CT molecular complexity index is 832. The van der Waals surface area contributed by atoms with E-state index in [0.717, 1.165) is 30.5 Å². The van der Waals surface area contributed by atoms with Gasteiger partial charge in [-0.1, -0.05) is 43.5 Å². The van der Waals surface area contributed by atoms with Crippen molar-refractivity contribution in [2.45, 2.75) is 32.6 Å². The number of anilines is 1. The normalized spacial score (nSPS) is 10.2. The lowest BCUT2D eigenvalue weighted by atomic mass is 10.2. The molecule has 4 nitrogen and oxygen atoms in total. The second-order valence-corrected chi connectivity index (χ2v) is 6.15. The highest BCUT2D eigenvalue weighted by molar-refractivity contribution is 6.01. The van der Waals surface area contributed by atoms with Crippen molar-refractivity contribution in [3.8, 4) is 23.3 Å². The fourth-order valence-electron chi connectivity index (χ4n) is 2.44. The second kappa shape index (κ2) is 12.2. The van der Waals surface area contributed by atoms with Crippen molar-refractivity contribution in [3.63, 3.8) is 0 Å². The quantitative estimate of drug-likeness (QED) is 0.366. The number of carbonyl (C=O) groups is 1. The van der Waals surface area contributed by atoms with Gasteiger partial charge in [0.15, 0.2) is 11.5 Å². The van der Waals surface area contributed by atoms with Gasteiger partial charge >= 0.3 is 0 Å². The molecule has 0 spiro atoms. The molecule has 0 atom stereocenters. The van der Waals surface area contributed by atoms with E-state index in [1.54, 1.807) is 13.2 Å². The van der Waals surface area contributed by atoms with E-state index in [0.29, 0.717) is 24.5 Å². The van der Waals surface area contributed by atoms with Crippen LogP contribution in [0.5, 0.6) is 11.5 Å². The van der Waals surface area contributed by atoms with Gasteiger partial charge in [-0.3, -0.25) is 4.79 Å². The molecule has 0 aliphatic heterocycles. The number of hydrogen-bond donors (Lipinski definition) is 1. The van der Waals surface area contributed by atoms with E-state index in [-0.39, 0.29) is 5.91 Å². The van der Waals surface area contributed by atoms with Crippen LogP contribution in [0.4, 0.5) is 5.69 Å². The van der Waals surface area contributed by atoms with E-state index in [1.807, 2.05) is 48.5 Å². The summed E-state index contributed by atoms with van der Waals surface area (Å²) in [6, 6.07) is 14.9. The first-order chi connectivity index (χ1) is 13.7. The molecule has 0 saturated carbocycles. The first kappa shape index (κ1) is 21.1. The Morgan fingerprint density at radius 3 is 2.61 bits per heavy atom. The van der Waals surface area contributed by atoms with Crippen molar-refractivity contribution in [2.24, 2.45) is 0 Å². The summed E-state index contributed by atoms with van der Waals surface area (Å²) in [7, 11) is 1.60. The number of ether oxygens (including phenoxy) is 2. The average Bonchev–Trinajstić information content (AvgIpc) is 2.72. The SMILES string of the molecule is CCCCC#CCCOc1ccc(/C=C/C(=O)Nc2ccccc2)cc1OC. The summed E-state index contributed by atoms with van der Waals surface area (Å²) in [5, 5.41) is 2.81. The maximum absolute atomic E-state index is 12.0. The molecule has 28 heavy (non-hydrogen) atoms. The lowest BCUT2D eigenvalue weighted by molar-refractivity contribution is -0.111. The maximum Gasteiger partial charge on any atom is 0.248 e. The minimum absolute atomic E-state index is 0.188. The number of rotatable bonds is 9. The summed E-state index contributed by atoms with van der Waals surface area (Å²) in [5.41, 5.74) is 1.61. The van der Waals surface area contributed by atoms with Crippen LogP contribution in [0.1, 0.15) is 38.2 Å². The summed E-state index contributed by atoms with van der Waals surface area (Å²) < 4.78 is 11.2. The van der Waals surface area contributed by atoms with Gasteiger partial charge in [-0.2, -0.15) is 0 Å². The number of para-hydroxylation sites is 1. The van der Waals surface area contributed by atoms with E-state index in [1.165, 1.54) is 6.08 Å². The molecular formula is C24H27NO3. The Balaban J connectivity index is 1.88. The van der Waals surface area contributed by atoms with Crippen LogP contribution in [0.2, 0.25) is 0 Å². The van der Waals surface area contributed by atoms with E-state index in [2.05, 4.69) is 24.1 Å². The molecule has 4 heteroatoms. The van der Waals surface area contributed by atoms with Crippen LogP contribution in [0, 0.1) is 11.8 Å². The van der Waals surface area contributed by atoms with Gasteiger partial charge < -0.3 is 14.8 Å². The third-order valence-corrected chi connectivity index (χ3v) is 3.92. The Kier molecular flexibility index (Phi) is 9.23. The predicted octanol–water partition coefficient (Wildman–Crippen LogP) is 5.31. The minimum Gasteiger partial charge on any atom is -0.493 e. The Labute approximate surface area is 167 Å². The third kappa shape index (κ3) is 7.59. The summed E-state index contributed by atoms with van der Waals surface area (Å²) in [6.07, 6.45) is 7.17. The summed E-state index contributed by atoms with van der Waals surface area (Å²) in [6.45, 7) is 2.68. The zero-order valence-corrected chi connectivity index (χ0v) is 16.5. The highest BCUT2D eigenvalue weighted by atomic mass is 16.5. The molecule has 0 saturated heterocycles. The molecule has 0 fully saturated rings. The van der Waals surface area contributed by atoms with Crippen molar-refractivity contribution < 1.29 is 14.3 Å². The largest absolute Gasteiger partial charge is 0.493 e. The topological polar surface area (TPSA) is 47.6 Å². The molecule has 1 amide bonds. The lowest BCUT2D eigenvalue weighted by Crippen LogP contribution is -2.07. The van der Waals surface area contributed by atoms with Crippen molar-refractivity contribution in [1.29, 1.82) is 0 Å². The molecular weight excluding hydrogens is 350 g/mol. The zero-order chi connectivity index (χ0) is 20.0. The van der Waals surface area contributed by atoms with Crippen molar-refractivity contribution in [3.05, 3.63) is 60.2 Å². The third-order valence-electron chi connectivity index (χ3n) is 3.92. The molecule has 1 N–H and O–H groups in total. The summed E-state index contributed by atoms with van der Waals surface area (Å²) >= 11 is 0. The van der Waals surface area contributed by atoms with Crippen molar-refractivity contribution in [2.75, 3.05) is 19.0 Å². The predicted molar refractivity (Wildman–Crippen MR) is 115 cm³/mol. The summed E-state index contributed by atoms with van der Waals surface area (Å²) in [5.74, 6) is 7.38. The van der Waals surface area contributed by atoms with E-state index in [4.69, 9.17) is 9.47 Å². The van der Waals surface area contributed by atoms with Gasteiger partial charge in [-0.25, -0.2) is 0 Å². The number of hydrogen-bond acceptors (Lipinski definition) is 3. The molecule has 0 heterocycles. The molecule has 0 radical (unpaired) electrons. The number of unbranched alkanes of at least 4 members (excludes halogenated alkanes) is 2. The van der Waals surface area contributed by atoms with Crippen LogP contribution >= 0.6 is 0 Å². The highest BCUT2D eigenvalue weighted by Crippen LogP contribution is 2.28. The van der Waals surface area contributed by atoms with Crippen LogP contribution in [-0.2, 0) is 4.79 Å². The monoisotopic (exact) mass is 377 g/mol. The standard InChI is InChI=1S/C24H27NO3/c1-3-4-5-6-7-11-18-28-22-16-14-20(19-23(22)27-2)15-17-24(26)25-21-12-9-8-10-13-21/h8-10,12-17,19H,3-5,11,18H2,1-2H3,(H,25,26)/b17-15+. The molecule has 0 bridgehead atoms. The summed E-state index contributed by atoms with van der Waals surface area (Å²) in [4.78, 5) is 12.0. The molecule has 2 aromatic carbocycles. The molecule has 0 unspecified atom stereocenters. The van der Waals surface area contributed by atoms with Gasteiger partial charge in [-0.05, 0) is 42.3 Å². The fraction of sp³-hybridized carbons (Fsp3) is 0.292. The number of nitrogens with one attached hydrogen (secondary N) is 1. The van der Waals surface area contributed by atoms with Gasteiger partial charge in [0.2, 0.25) is 5.91 Å². The first-order valence-electron chi connectivity index (χ1n) is 9.53. The Morgan fingerprint density at radius 1 is 1.07 bits per heavy atom. The molecule has 2 rings (SSSR count). The molecule has 0 aliphatic carbocycles. The number of carbonyl (C=O) groups excluding carboxylic acids is 1. The van der Waals surface area contributed by atoms with Crippen LogP contribution in [0.3, 0.4) is 0 Å². The van der Waals surface area contributed by atoms with Crippen LogP contribution in [0.25, 0.3) is 6.08 Å². The minimum atomic E-state index is -0.188. The van der Waals surface area contributed by atoms with Gasteiger partial charge in [0, 0.05) is 24.6 Å². The van der Waals surface area contributed by atoms with E-state index < -0.39 is 0 Å². The van der Waals surface area contributed by atoms with Crippen molar-refractivity contribution >= 4 is 17.7 Å². The van der Waals surface area contributed by atoms with Crippen LogP contribution < -0.4 is 14.8 Å². The van der Waals surface area contributed by atoms with Gasteiger partial charge in [0.05, 0.1) is 13.7 Å². The Hall–Kier alpha value is -3.19. The highest BCUT2D eigenvalue weighted by Gasteiger charge is 2.05. The average molecular weight is 377 g/mol. The fourth-order valence-corrected chi connectivity index (χ4v) is 2.44. The van der Waals surface area contributed by atoms with Gasteiger partial charge in [0.25, 0.3) is 0 Å². The lowest BCUT2D eigenvalue weighted by Gasteiger charge is -2.10. The Morgan fingerprint density at radius 2 is 1.86 bits per heavy atom. The maximum atomic E-state index is 12.0. The zero-order valence-electron chi connectivity index (χ0n) is 16.5. The first-order valence-corrected chi connectivity index (χ1v) is 9.53. The molecule has 146 valence electrons. The van der Waals surface area contributed by atoms with E-state index in [9.17, 15) is 4.79 Å². The smallest absolute Gasteiger partial charge is 0.248 e. The number of methoxy groups -OCH3 is 1. The van der Waals surface area contributed by atoms with Crippen LogP contribution in [0.15, 0.2) is 54.6 Å². The second-order valence-electron chi connectivity index (χ2n) is 6.15. The molecule has 2 aromatic rings. The van der Waals surface area contributed by atoms with Gasteiger partial charge in [0.1, 0.15) is 0 Å². The van der Waals surface area contributed by atoms with Gasteiger partial charge in [-0.15, -0.1) is 5.92 Å². The van der Waals surface area contributed by atoms with E-state index >= 15 is 0 Å². The van der Waals surface area contributed by atoms with Crippen LogP contribution in [-0.4, -0.2) is 19.6 Å². The van der Waals surface area contributed by atoms with Crippen molar-refractivity contribution in [1.82, 2.24) is 0 Å².